The molecular weight excluding hydrogens is 248 g/mol. The van der Waals surface area contributed by atoms with Gasteiger partial charge in [-0.25, -0.2) is 0 Å². The fraction of sp³-hybridized carbons (Fsp3) is 0.667. The highest BCUT2D eigenvalue weighted by molar-refractivity contribution is 7.98. The number of carboxylic acid groups (broad SMARTS) is 2. The van der Waals surface area contributed by atoms with Crippen LogP contribution >= 0.6 is 11.8 Å². The lowest BCUT2D eigenvalue weighted by molar-refractivity contribution is -0.141. The van der Waals surface area contributed by atoms with Crippen LogP contribution in [0.1, 0.15) is 13.3 Å². The SMILES string of the molecule is CSCC[C@H](N)C(=O)N[C@@H](C)C(=O)O.O=CO. The summed E-state index contributed by atoms with van der Waals surface area (Å²) in [6.45, 7) is 1.15. The largest absolute Gasteiger partial charge is 0.483 e. The van der Waals surface area contributed by atoms with E-state index in [1.165, 1.54) is 6.92 Å². The van der Waals surface area contributed by atoms with Crippen LogP contribution < -0.4 is 11.1 Å². The predicted octanol–water partition coefficient (Wildman–Crippen LogP) is -0.643. The Morgan fingerprint density at radius 1 is 1.53 bits per heavy atom. The predicted molar refractivity (Wildman–Crippen MR) is 64.9 cm³/mol. The van der Waals surface area contributed by atoms with Crippen molar-refractivity contribution in [3.05, 3.63) is 0 Å². The van der Waals surface area contributed by atoms with E-state index in [0.717, 1.165) is 5.75 Å². The minimum absolute atomic E-state index is 0.250. The van der Waals surface area contributed by atoms with E-state index in [9.17, 15) is 9.59 Å². The summed E-state index contributed by atoms with van der Waals surface area (Å²) >= 11 is 1.60. The first-order valence-corrected chi connectivity index (χ1v) is 6.15. The van der Waals surface area contributed by atoms with Gasteiger partial charge in [-0.05, 0) is 25.4 Å². The highest BCUT2D eigenvalue weighted by Gasteiger charge is 2.18. The summed E-state index contributed by atoms with van der Waals surface area (Å²) in [6.07, 6.45) is 2.48. The molecular formula is C9H18N2O5S. The second kappa shape index (κ2) is 11.2. The first kappa shape index (κ1) is 18.1. The molecule has 0 bridgehead atoms. The Morgan fingerprint density at radius 3 is 2.35 bits per heavy atom. The van der Waals surface area contributed by atoms with Crippen molar-refractivity contribution in [3.8, 4) is 0 Å². The molecule has 5 N–H and O–H groups in total. The van der Waals surface area contributed by atoms with E-state index in [-0.39, 0.29) is 6.47 Å². The van der Waals surface area contributed by atoms with Crippen molar-refractivity contribution in [1.82, 2.24) is 5.32 Å². The lowest BCUT2D eigenvalue weighted by Gasteiger charge is -2.13. The molecule has 0 aliphatic rings. The third kappa shape index (κ3) is 11.0. The Morgan fingerprint density at radius 2 is 2.00 bits per heavy atom. The molecule has 0 saturated heterocycles. The maximum atomic E-state index is 11.3. The maximum Gasteiger partial charge on any atom is 0.325 e. The van der Waals surface area contributed by atoms with Gasteiger partial charge in [0.05, 0.1) is 6.04 Å². The molecule has 0 aromatic carbocycles. The van der Waals surface area contributed by atoms with Gasteiger partial charge >= 0.3 is 5.97 Å². The van der Waals surface area contributed by atoms with E-state index in [1.807, 2.05) is 6.26 Å². The minimum atomic E-state index is -1.06. The maximum absolute atomic E-state index is 11.3. The fourth-order valence-electron chi connectivity index (χ4n) is 0.758. The van der Waals surface area contributed by atoms with Crippen molar-refractivity contribution in [3.63, 3.8) is 0 Å². The summed E-state index contributed by atoms with van der Waals surface area (Å²) in [6, 6.07) is -1.51. The lowest BCUT2D eigenvalue weighted by Crippen LogP contribution is -2.47. The Hall–Kier alpha value is -1.28. The number of amides is 1. The van der Waals surface area contributed by atoms with Crippen molar-refractivity contribution in [2.45, 2.75) is 25.4 Å². The van der Waals surface area contributed by atoms with Crippen LogP contribution in [0.4, 0.5) is 0 Å². The second-order valence-corrected chi connectivity index (χ2v) is 4.05. The molecule has 7 nitrogen and oxygen atoms in total. The number of rotatable bonds is 6. The molecule has 1 amide bonds. The van der Waals surface area contributed by atoms with E-state index < -0.39 is 24.0 Å². The summed E-state index contributed by atoms with van der Waals surface area (Å²) in [5.41, 5.74) is 5.53. The lowest BCUT2D eigenvalue weighted by atomic mass is 10.2. The highest BCUT2D eigenvalue weighted by Crippen LogP contribution is 1.99. The monoisotopic (exact) mass is 266 g/mol. The molecule has 2 atom stereocenters. The van der Waals surface area contributed by atoms with Gasteiger partial charge in [0.1, 0.15) is 6.04 Å². The van der Waals surface area contributed by atoms with Crippen molar-refractivity contribution in [2.24, 2.45) is 5.73 Å². The average molecular weight is 266 g/mol. The molecule has 100 valence electrons. The third-order valence-corrected chi connectivity index (χ3v) is 2.34. The van der Waals surface area contributed by atoms with Gasteiger partial charge in [0, 0.05) is 0 Å². The van der Waals surface area contributed by atoms with Gasteiger partial charge in [0.25, 0.3) is 6.47 Å². The second-order valence-electron chi connectivity index (χ2n) is 3.06. The number of nitrogens with one attached hydrogen (secondary N) is 1. The zero-order valence-electron chi connectivity index (χ0n) is 9.75. The molecule has 17 heavy (non-hydrogen) atoms. The van der Waals surface area contributed by atoms with Crippen LogP contribution in [-0.2, 0) is 14.4 Å². The van der Waals surface area contributed by atoms with Crippen LogP contribution in [0, 0.1) is 0 Å². The summed E-state index contributed by atoms with van der Waals surface area (Å²) in [5.74, 6) is -0.680. The van der Waals surface area contributed by atoms with E-state index in [2.05, 4.69) is 5.32 Å². The van der Waals surface area contributed by atoms with Crippen LogP contribution in [0.15, 0.2) is 0 Å². The number of carboxylic acids is 1. The molecule has 0 aromatic rings. The van der Waals surface area contributed by atoms with Gasteiger partial charge in [0.2, 0.25) is 5.91 Å². The standard InChI is InChI=1S/C8H16N2O3S.CH2O2/c1-5(8(12)13)10-7(11)6(9)3-4-14-2;2-1-3/h5-6H,3-4,9H2,1-2H3,(H,10,11)(H,12,13);1H,(H,2,3)/t5-,6-;/m0./s1. The Kier molecular flexibility index (Phi) is 11.9. The van der Waals surface area contributed by atoms with Crippen molar-refractivity contribution >= 4 is 30.1 Å². The van der Waals surface area contributed by atoms with Gasteiger partial charge in [-0.2, -0.15) is 11.8 Å². The Balaban J connectivity index is 0. The number of aliphatic carboxylic acids is 1. The van der Waals surface area contributed by atoms with Crippen molar-refractivity contribution in [2.75, 3.05) is 12.0 Å². The zero-order valence-corrected chi connectivity index (χ0v) is 10.6. The average Bonchev–Trinajstić information content (AvgIpc) is 2.26. The number of thioether (sulfide) groups is 1. The van der Waals surface area contributed by atoms with Crippen LogP contribution in [-0.4, -0.2) is 52.7 Å². The van der Waals surface area contributed by atoms with Crippen LogP contribution in [0.2, 0.25) is 0 Å². The third-order valence-electron chi connectivity index (χ3n) is 1.70. The van der Waals surface area contributed by atoms with Crippen LogP contribution in [0.5, 0.6) is 0 Å². The van der Waals surface area contributed by atoms with Crippen LogP contribution in [0.25, 0.3) is 0 Å². The zero-order chi connectivity index (χ0) is 13.8. The highest BCUT2D eigenvalue weighted by atomic mass is 32.2. The summed E-state index contributed by atoms with van der Waals surface area (Å²) in [5, 5.41) is 17.7. The van der Waals surface area contributed by atoms with Gasteiger partial charge in [-0.3, -0.25) is 14.4 Å². The van der Waals surface area contributed by atoms with Gasteiger partial charge in [0.15, 0.2) is 0 Å². The number of carbonyl (C=O) groups is 3. The minimum Gasteiger partial charge on any atom is -0.483 e. The number of hydrogen-bond donors (Lipinski definition) is 4. The molecule has 0 heterocycles. The summed E-state index contributed by atoms with van der Waals surface area (Å²) in [4.78, 5) is 30.0. The molecule has 8 heteroatoms. The number of hydrogen-bond acceptors (Lipinski definition) is 5. The van der Waals surface area contributed by atoms with Crippen molar-refractivity contribution in [1.29, 1.82) is 0 Å². The topological polar surface area (TPSA) is 130 Å². The first-order valence-electron chi connectivity index (χ1n) is 4.76. The Labute approximate surface area is 104 Å². The quantitative estimate of drug-likeness (QED) is 0.470. The fourth-order valence-corrected chi connectivity index (χ4v) is 1.25. The molecule has 0 fully saturated rings. The smallest absolute Gasteiger partial charge is 0.325 e. The molecule has 0 aromatic heterocycles. The molecule has 0 spiro atoms. The normalized spacial score (nSPS) is 12.6. The molecule has 0 saturated carbocycles. The Bertz CT molecular complexity index is 250. The molecule has 0 unspecified atom stereocenters. The molecule has 0 radical (unpaired) electrons. The van der Waals surface area contributed by atoms with E-state index in [0.29, 0.717) is 6.42 Å². The van der Waals surface area contributed by atoms with Gasteiger partial charge in [-0.1, -0.05) is 0 Å². The van der Waals surface area contributed by atoms with Crippen molar-refractivity contribution < 1.29 is 24.6 Å². The van der Waals surface area contributed by atoms with E-state index in [1.54, 1.807) is 11.8 Å². The first-order chi connectivity index (χ1) is 7.90. The summed E-state index contributed by atoms with van der Waals surface area (Å²) in [7, 11) is 0. The van der Waals surface area contributed by atoms with E-state index >= 15 is 0 Å². The molecule has 0 aliphatic carbocycles. The number of carbonyl (C=O) groups excluding carboxylic acids is 1. The number of nitrogens with two attached hydrogens (primary N) is 1. The molecule has 0 rings (SSSR count). The van der Waals surface area contributed by atoms with Crippen LogP contribution in [0.3, 0.4) is 0 Å². The summed E-state index contributed by atoms with van der Waals surface area (Å²) < 4.78 is 0. The van der Waals surface area contributed by atoms with Gasteiger partial charge in [-0.15, -0.1) is 0 Å². The van der Waals surface area contributed by atoms with E-state index in [4.69, 9.17) is 20.7 Å². The van der Waals surface area contributed by atoms with Gasteiger partial charge < -0.3 is 21.3 Å². The molecule has 0 aliphatic heterocycles.